The van der Waals surface area contributed by atoms with E-state index >= 15 is 0 Å². The van der Waals surface area contributed by atoms with Gasteiger partial charge in [0.25, 0.3) is 0 Å². The number of benzene rings is 1. The van der Waals surface area contributed by atoms with Gasteiger partial charge in [-0.05, 0) is 30.3 Å². The lowest BCUT2D eigenvalue weighted by Crippen LogP contribution is -2.06. The van der Waals surface area contributed by atoms with Crippen LogP contribution in [0.25, 0.3) is 0 Å². The highest BCUT2D eigenvalue weighted by atomic mass is 35.5. The molecule has 1 atom stereocenters. The Hall–Kier alpha value is -1.40. The molecular formula is C13H11ClF3NOS. The van der Waals surface area contributed by atoms with Crippen LogP contribution in [0.1, 0.15) is 11.3 Å². The van der Waals surface area contributed by atoms with Crippen molar-refractivity contribution in [3.63, 3.8) is 0 Å². The van der Waals surface area contributed by atoms with Crippen LogP contribution in [0.5, 0.6) is 0 Å². The maximum Gasteiger partial charge on any atom is 0.416 e. The number of alkyl halides is 3. The highest BCUT2D eigenvalue weighted by Crippen LogP contribution is 2.30. The summed E-state index contributed by atoms with van der Waals surface area (Å²) < 4.78 is 49.6. The highest BCUT2D eigenvalue weighted by molar-refractivity contribution is 7.84. The van der Waals surface area contributed by atoms with E-state index in [0.29, 0.717) is 5.69 Å². The third-order valence-electron chi connectivity index (χ3n) is 2.43. The van der Waals surface area contributed by atoms with Gasteiger partial charge in [0.05, 0.1) is 27.8 Å². The van der Waals surface area contributed by atoms with Crippen LogP contribution in [0.2, 0.25) is 0 Å². The zero-order chi connectivity index (χ0) is 13.9. The number of aromatic nitrogens is 1. The molecule has 1 aromatic heterocycles. The molecule has 1 heterocycles. The molecule has 0 saturated carbocycles. The van der Waals surface area contributed by atoms with Crippen LogP contribution in [-0.2, 0) is 22.7 Å². The minimum atomic E-state index is -4.43. The van der Waals surface area contributed by atoms with E-state index in [4.69, 9.17) is 0 Å². The highest BCUT2D eigenvalue weighted by Gasteiger charge is 2.30. The molecule has 0 aliphatic rings. The average molecular weight is 322 g/mol. The Balaban J connectivity index is 0.00000200. The molecule has 0 amide bonds. The fourth-order valence-electron chi connectivity index (χ4n) is 1.52. The lowest BCUT2D eigenvalue weighted by molar-refractivity contribution is -0.137. The summed E-state index contributed by atoms with van der Waals surface area (Å²) in [6.07, 6.45) is -2.87. The summed E-state index contributed by atoms with van der Waals surface area (Å²) in [5.74, 6) is 0.0994. The third kappa shape index (κ3) is 4.31. The molecule has 2 nitrogen and oxygen atoms in total. The van der Waals surface area contributed by atoms with Gasteiger partial charge in [0, 0.05) is 11.1 Å². The normalized spacial score (nSPS) is 12.6. The molecule has 20 heavy (non-hydrogen) atoms. The molecule has 108 valence electrons. The third-order valence-corrected chi connectivity index (χ3v) is 3.77. The zero-order valence-corrected chi connectivity index (χ0v) is 11.8. The van der Waals surface area contributed by atoms with Crippen molar-refractivity contribution in [3.05, 3.63) is 59.9 Å². The molecule has 0 aliphatic carbocycles. The summed E-state index contributed by atoms with van der Waals surface area (Å²) in [7, 11) is -1.54. The number of hydrogen-bond acceptors (Lipinski definition) is 2. The number of rotatable bonds is 3. The van der Waals surface area contributed by atoms with Gasteiger partial charge < -0.3 is 0 Å². The van der Waals surface area contributed by atoms with Gasteiger partial charge in [-0.2, -0.15) is 13.2 Å². The number of pyridine rings is 1. The van der Waals surface area contributed by atoms with Crippen molar-refractivity contribution in [2.24, 2.45) is 0 Å². The first-order valence-electron chi connectivity index (χ1n) is 5.42. The molecule has 2 aromatic rings. The van der Waals surface area contributed by atoms with Crippen molar-refractivity contribution in [3.8, 4) is 0 Å². The first kappa shape index (κ1) is 16.7. The number of nitrogens with zero attached hydrogens (tertiary/aromatic N) is 1. The van der Waals surface area contributed by atoms with Crippen LogP contribution in [0.15, 0.2) is 53.6 Å². The van der Waals surface area contributed by atoms with Crippen LogP contribution < -0.4 is 0 Å². The molecule has 0 saturated heterocycles. The topological polar surface area (TPSA) is 30.0 Å². The van der Waals surface area contributed by atoms with E-state index in [9.17, 15) is 17.4 Å². The smallest absolute Gasteiger partial charge is 0.260 e. The van der Waals surface area contributed by atoms with E-state index in [1.165, 1.54) is 12.1 Å². The number of hydrogen-bond donors (Lipinski definition) is 0. The van der Waals surface area contributed by atoms with Gasteiger partial charge in [0.2, 0.25) is 0 Å². The summed E-state index contributed by atoms with van der Waals surface area (Å²) in [4.78, 5) is 4.15. The summed E-state index contributed by atoms with van der Waals surface area (Å²) in [5, 5.41) is 0. The minimum absolute atomic E-state index is 0. The van der Waals surface area contributed by atoms with Crippen LogP contribution in [0.3, 0.4) is 0 Å². The van der Waals surface area contributed by atoms with Gasteiger partial charge in [-0.25, -0.2) is 0 Å². The van der Waals surface area contributed by atoms with Gasteiger partial charge in [0.1, 0.15) is 0 Å². The Labute approximate surface area is 122 Å². The lowest BCUT2D eigenvalue weighted by Gasteiger charge is -2.08. The average Bonchev–Trinajstić information content (AvgIpc) is 2.39. The van der Waals surface area contributed by atoms with Crippen molar-refractivity contribution >= 4 is 23.2 Å². The SMILES string of the molecule is Cl.O=S(Cc1ccccn1)c1cccc(C(F)(F)F)c1. The monoisotopic (exact) mass is 321 g/mol. The van der Waals surface area contributed by atoms with Crippen molar-refractivity contribution in [1.29, 1.82) is 0 Å². The zero-order valence-electron chi connectivity index (χ0n) is 10.1. The van der Waals surface area contributed by atoms with Gasteiger partial charge in [-0.3, -0.25) is 9.19 Å². The molecule has 0 radical (unpaired) electrons. The van der Waals surface area contributed by atoms with Crippen molar-refractivity contribution < 1.29 is 17.4 Å². The van der Waals surface area contributed by atoms with Gasteiger partial charge >= 0.3 is 6.18 Å². The maximum absolute atomic E-state index is 12.5. The Kier molecular flexibility index (Phi) is 5.71. The number of halogens is 4. The summed E-state index contributed by atoms with van der Waals surface area (Å²) in [6, 6.07) is 9.71. The molecule has 7 heteroatoms. The van der Waals surface area contributed by atoms with Crippen LogP contribution in [0.4, 0.5) is 13.2 Å². The van der Waals surface area contributed by atoms with Gasteiger partial charge in [0.15, 0.2) is 0 Å². The van der Waals surface area contributed by atoms with Gasteiger partial charge in [-0.1, -0.05) is 12.1 Å². The van der Waals surface area contributed by atoms with E-state index in [0.717, 1.165) is 12.1 Å². The predicted molar refractivity (Wildman–Crippen MR) is 73.0 cm³/mol. The molecule has 1 unspecified atom stereocenters. The van der Waals surface area contributed by atoms with Crippen LogP contribution in [0, 0.1) is 0 Å². The second-order valence-electron chi connectivity index (χ2n) is 3.84. The van der Waals surface area contributed by atoms with Crippen molar-refractivity contribution in [1.82, 2.24) is 4.98 Å². The Morgan fingerprint density at radius 3 is 2.45 bits per heavy atom. The van der Waals surface area contributed by atoms with E-state index in [-0.39, 0.29) is 23.1 Å². The Morgan fingerprint density at radius 1 is 1.10 bits per heavy atom. The van der Waals surface area contributed by atoms with E-state index in [1.54, 1.807) is 24.4 Å². The molecule has 2 rings (SSSR count). The first-order valence-corrected chi connectivity index (χ1v) is 6.74. The van der Waals surface area contributed by atoms with Crippen molar-refractivity contribution in [2.75, 3.05) is 0 Å². The van der Waals surface area contributed by atoms with Crippen molar-refractivity contribution in [2.45, 2.75) is 16.8 Å². The maximum atomic E-state index is 12.5. The molecule has 0 bridgehead atoms. The van der Waals surface area contributed by atoms with Crippen LogP contribution >= 0.6 is 12.4 Å². The second kappa shape index (κ2) is 6.85. The fraction of sp³-hybridized carbons (Fsp3) is 0.154. The molecule has 1 aromatic carbocycles. The molecule has 0 fully saturated rings. The largest absolute Gasteiger partial charge is 0.416 e. The van der Waals surface area contributed by atoms with Gasteiger partial charge in [-0.15, -0.1) is 12.4 Å². The molecular weight excluding hydrogens is 311 g/mol. The Bertz CT molecular complexity index is 590. The van der Waals surface area contributed by atoms with E-state index in [2.05, 4.69) is 4.98 Å². The lowest BCUT2D eigenvalue weighted by atomic mass is 10.2. The summed E-state index contributed by atoms with van der Waals surface area (Å²) in [5.41, 5.74) is -0.211. The predicted octanol–water partition coefficient (Wildman–Crippen LogP) is 3.83. The molecule has 0 N–H and O–H groups in total. The molecule has 0 spiro atoms. The second-order valence-corrected chi connectivity index (χ2v) is 5.29. The van der Waals surface area contributed by atoms with E-state index in [1.807, 2.05) is 0 Å². The molecule has 0 aliphatic heterocycles. The standard InChI is InChI=1S/C13H10F3NOS.ClH/c14-13(15,16)10-4-3-6-12(8-10)19(18)9-11-5-1-2-7-17-11;/h1-8H,9H2;1H. The summed E-state index contributed by atoms with van der Waals surface area (Å²) >= 11 is 0. The fourth-order valence-corrected chi connectivity index (χ4v) is 2.61. The first-order chi connectivity index (χ1) is 8.97. The van der Waals surface area contributed by atoms with E-state index < -0.39 is 22.5 Å². The van der Waals surface area contributed by atoms with Crippen LogP contribution in [-0.4, -0.2) is 9.19 Å². The summed E-state index contributed by atoms with van der Waals surface area (Å²) in [6.45, 7) is 0. The minimum Gasteiger partial charge on any atom is -0.260 e. The Morgan fingerprint density at radius 2 is 1.85 bits per heavy atom. The quantitative estimate of drug-likeness (QED) is 0.860.